The number of nitrogens with zero attached hydrogens (tertiary/aromatic N) is 6. The van der Waals surface area contributed by atoms with Crippen LogP contribution in [0.1, 0.15) is 137 Å². The Morgan fingerprint density at radius 1 is 0.344 bits per heavy atom. The predicted molar refractivity (Wildman–Crippen MR) is 349 cm³/mol. The van der Waals surface area contributed by atoms with Crippen molar-refractivity contribution < 1.29 is 73.2 Å². The maximum atomic E-state index is 14.7. The molecular formula is C69H96N12O15. The van der Waals surface area contributed by atoms with Crippen molar-refractivity contribution in [1.82, 2.24) is 61.8 Å². The number of hydrogen-bond acceptors (Lipinski definition) is 15. The molecule has 27 heteroatoms. The van der Waals surface area contributed by atoms with Gasteiger partial charge in [-0.3, -0.25) is 73.2 Å². The van der Waals surface area contributed by atoms with Gasteiger partial charge in [-0.15, -0.1) is 0 Å². The molecule has 0 bridgehead atoms. The summed E-state index contributed by atoms with van der Waals surface area (Å²) in [6.45, 7) is 14.9. The molecule has 12 amide bonds. The summed E-state index contributed by atoms with van der Waals surface area (Å²) in [5.41, 5.74) is 1.51. The van der Waals surface area contributed by atoms with E-state index in [1.165, 1.54) is 35.5 Å². The first-order chi connectivity index (χ1) is 45.6. The minimum atomic E-state index is -1.71. The molecule has 3 aromatic rings. The number of hydroxylamine groups is 6. The molecular weight excluding hydrogens is 1240 g/mol. The molecule has 4 aliphatic heterocycles. The summed E-state index contributed by atoms with van der Waals surface area (Å²) in [6, 6.07) is 7.99. The number of fused-ring (bicyclic) bond motifs is 3. The summed E-state index contributed by atoms with van der Waals surface area (Å²) < 4.78 is 0. The molecule has 522 valence electrons. The Labute approximate surface area is 560 Å². The summed E-state index contributed by atoms with van der Waals surface area (Å²) in [5, 5.41) is 52.7. The topological polar surface area (TPSA) is 357 Å². The van der Waals surface area contributed by atoms with Gasteiger partial charge in [0.25, 0.3) is 17.7 Å². The van der Waals surface area contributed by atoms with E-state index in [1.807, 2.05) is 0 Å². The van der Waals surface area contributed by atoms with Crippen LogP contribution in [-0.4, -0.2) is 209 Å². The Balaban J connectivity index is 1.25. The second-order valence-electron chi connectivity index (χ2n) is 27.0. The Hall–Kier alpha value is -8.82. The van der Waals surface area contributed by atoms with Gasteiger partial charge in [0.05, 0.1) is 0 Å². The van der Waals surface area contributed by atoms with Gasteiger partial charge in [0.1, 0.15) is 72.5 Å². The third-order valence-electron chi connectivity index (χ3n) is 18.0. The number of amides is 12. The van der Waals surface area contributed by atoms with E-state index in [1.54, 1.807) is 133 Å². The smallest absolute Gasteiger partial charge is 0.269 e. The number of carbonyl (C=O) groups is 12. The van der Waals surface area contributed by atoms with E-state index < -0.39 is 143 Å². The van der Waals surface area contributed by atoms with E-state index in [0.717, 1.165) is 0 Å². The summed E-state index contributed by atoms with van der Waals surface area (Å²) >= 11 is 0. The molecule has 3 aromatic carbocycles. The lowest BCUT2D eigenvalue weighted by molar-refractivity contribution is -0.183. The minimum absolute atomic E-state index is 0.0489. The van der Waals surface area contributed by atoms with Gasteiger partial charge in [-0.1, -0.05) is 133 Å². The van der Waals surface area contributed by atoms with Crippen LogP contribution in [0.4, 0.5) is 0 Å². The number of benzene rings is 3. The fourth-order valence-corrected chi connectivity index (χ4v) is 13.0. The first kappa shape index (κ1) is 74.6. The number of rotatable bonds is 12. The number of nitrogens with one attached hydrogen (secondary N) is 6. The van der Waals surface area contributed by atoms with E-state index in [4.69, 9.17) is 0 Å². The summed E-state index contributed by atoms with van der Waals surface area (Å²) in [7, 11) is 0. The van der Waals surface area contributed by atoms with Crippen LogP contribution in [0, 0.1) is 17.8 Å². The van der Waals surface area contributed by atoms with Crippen molar-refractivity contribution in [3.8, 4) is 0 Å². The predicted octanol–water partition coefficient (Wildman–Crippen LogP) is 2.57. The average Bonchev–Trinajstić information content (AvgIpc) is 1.15. The van der Waals surface area contributed by atoms with Gasteiger partial charge in [-0.2, -0.15) is 0 Å². The SMILES string of the molecule is CC(C)C[C@@H]1NC(=O)[C@@H]2CCCN2C(=O)[C@H](C)NC(=O)[C@H](Cc2ccccc2)N(O)C(=O)[C@H](CC(C)C)NC(=O)[C@@H]2CCCN2C(=O)[C@H](C)NC(=O)[C@H](Cc2ccccc2)N(O)C(=O)[C@H](CC(C)C)NC(=O)[C@@H]2CCCN2C(=O)[C@H](C)NC(=O)[C@H](Cc2ccccc2)N(O)C1=O. The zero-order valence-corrected chi connectivity index (χ0v) is 56.4. The second kappa shape index (κ2) is 34.2. The molecule has 4 aliphatic rings. The molecule has 0 radical (unpaired) electrons. The van der Waals surface area contributed by atoms with Crippen molar-refractivity contribution in [3.63, 3.8) is 0 Å². The standard InChI is InChI=1S/C69H96N12O15/c1-40(2)34-49-67(91)79(94)55(37-46-22-13-10-14-23-46)61(85)70-44(8)65(89)77-32-20-29-53(77)59(83)74-51(36-42(5)6)69(93)81(96)57(39-48-26-17-12-18-27-48)63(87)72-45(9)66(90)78-33-21-30-54(78)60(84)75-50(35-41(3)4)68(92)80(95)56(38-47-24-15-11-16-25-47)62(86)71-43(7)64(88)76-31-19-28-52(76)58(82)73-49/h10-18,22-27,40-45,49-57,94-96H,19-21,28-39H2,1-9H3,(H,70,85)(H,71,86)(H,72,87)(H,73,82)(H,74,83)(H,75,84)/t43-,44-,45-,49-,50-,51-,52-,53-,54-,55-,56-,57-/m0/s1. The van der Waals surface area contributed by atoms with Crippen LogP contribution < -0.4 is 31.9 Å². The maximum absolute atomic E-state index is 14.7. The first-order valence-corrected chi connectivity index (χ1v) is 33.5. The van der Waals surface area contributed by atoms with Crippen LogP contribution in [-0.2, 0) is 76.8 Å². The van der Waals surface area contributed by atoms with E-state index in [0.29, 0.717) is 36.0 Å². The molecule has 0 spiro atoms. The molecule has 4 saturated heterocycles. The lowest BCUT2D eigenvalue weighted by atomic mass is 9.99. The van der Waals surface area contributed by atoms with Gasteiger partial charge >= 0.3 is 0 Å². The molecule has 12 atom stereocenters. The summed E-state index contributed by atoms with van der Waals surface area (Å²) in [5.74, 6) is -11.6. The molecule has 0 unspecified atom stereocenters. The third kappa shape index (κ3) is 19.2. The van der Waals surface area contributed by atoms with Gasteiger partial charge in [0, 0.05) is 38.9 Å². The Morgan fingerprint density at radius 3 is 0.792 bits per heavy atom. The molecule has 0 aromatic heterocycles. The molecule has 96 heavy (non-hydrogen) atoms. The van der Waals surface area contributed by atoms with Gasteiger partial charge < -0.3 is 46.6 Å². The molecule has 0 aliphatic carbocycles. The zero-order chi connectivity index (χ0) is 70.2. The minimum Gasteiger partial charge on any atom is -0.343 e. The van der Waals surface area contributed by atoms with Crippen LogP contribution in [0.25, 0.3) is 0 Å². The third-order valence-corrected chi connectivity index (χ3v) is 18.0. The maximum Gasteiger partial charge on any atom is 0.269 e. The van der Waals surface area contributed by atoms with Crippen molar-refractivity contribution in [2.45, 2.75) is 212 Å². The van der Waals surface area contributed by atoms with Gasteiger partial charge in [0.2, 0.25) is 53.2 Å². The largest absolute Gasteiger partial charge is 0.343 e. The van der Waals surface area contributed by atoms with Crippen molar-refractivity contribution >= 4 is 70.9 Å². The highest BCUT2D eigenvalue weighted by Gasteiger charge is 2.46. The van der Waals surface area contributed by atoms with E-state index in [-0.39, 0.29) is 110 Å². The fourth-order valence-electron chi connectivity index (χ4n) is 13.0. The highest BCUT2D eigenvalue weighted by Crippen LogP contribution is 2.26. The average molecular weight is 1330 g/mol. The molecule has 9 N–H and O–H groups in total. The van der Waals surface area contributed by atoms with Crippen molar-refractivity contribution in [2.24, 2.45) is 17.8 Å². The monoisotopic (exact) mass is 1330 g/mol. The second-order valence-corrected chi connectivity index (χ2v) is 27.0. The molecule has 0 saturated carbocycles. The first-order valence-electron chi connectivity index (χ1n) is 33.5. The number of hydrogen-bond donors (Lipinski definition) is 9. The summed E-state index contributed by atoms with van der Waals surface area (Å²) in [6.07, 6.45) is 0.389. The van der Waals surface area contributed by atoms with Crippen LogP contribution in [0.3, 0.4) is 0 Å². The van der Waals surface area contributed by atoms with Gasteiger partial charge in [-0.25, -0.2) is 15.2 Å². The zero-order valence-electron chi connectivity index (χ0n) is 56.4. The van der Waals surface area contributed by atoms with E-state index in [2.05, 4.69) is 31.9 Å². The lowest BCUT2D eigenvalue weighted by Gasteiger charge is -2.34. The normalized spacial score (nSPS) is 27.5. The van der Waals surface area contributed by atoms with Gasteiger partial charge in [-0.05, 0) is 113 Å². The van der Waals surface area contributed by atoms with Crippen LogP contribution in [0.15, 0.2) is 91.0 Å². The number of carbonyl (C=O) groups excluding carboxylic acids is 12. The molecule has 4 heterocycles. The van der Waals surface area contributed by atoms with Crippen LogP contribution in [0.5, 0.6) is 0 Å². The molecule has 27 nitrogen and oxygen atoms in total. The van der Waals surface area contributed by atoms with Crippen molar-refractivity contribution in [3.05, 3.63) is 108 Å². The van der Waals surface area contributed by atoms with Gasteiger partial charge in [0.15, 0.2) is 0 Å². The molecule has 7 rings (SSSR count). The highest BCUT2D eigenvalue weighted by atomic mass is 16.5. The highest BCUT2D eigenvalue weighted by molar-refractivity contribution is 6.00. The quantitative estimate of drug-likeness (QED) is 0.118. The Kier molecular flexibility index (Phi) is 26.6. The fraction of sp³-hybridized carbons (Fsp3) is 0.565. The van der Waals surface area contributed by atoms with Crippen LogP contribution >= 0.6 is 0 Å². The van der Waals surface area contributed by atoms with E-state index >= 15 is 0 Å². The Bertz CT molecular complexity index is 2910. The Morgan fingerprint density at radius 2 is 0.573 bits per heavy atom. The van der Waals surface area contributed by atoms with Crippen molar-refractivity contribution in [2.75, 3.05) is 19.6 Å². The lowest BCUT2D eigenvalue weighted by Crippen LogP contribution is -2.61. The van der Waals surface area contributed by atoms with E-state index in [9.17, 15) is 73.2 Å². The van der Waals surface area contributed by atoms with Crippen molar-refractivity contribution in [1.29, 1.82) is 0 Å². The van der Waals surface area contributed by atoms with Crippen LogP contribution in [0.2, 0.25) is 0 Å². The molecule has 4 fully saturated rings. The summed E-state index contributed by atoms with van der Waals surface area (Å²) in [4.78, 5) is 179.